The lowest BCUT2D eigenvalue weighted by molar-refractivity contribution is 0.0934. The molecule has 0 saturated heterocycles. The van der Waals surface area contributed by atoms with Crippen LogP contribution in [0.3, 0.4) is 0 Å². The molecule has 31 heavy (non-hydrogen) atoms. The van der Waals surface area contributed by atoms with E-state index in [1.54, 1.807) is 54.6 Å². The van der Waals surface area contributed by atoms with E-state index >= 15 is 0 Å². The van der Waals surface area contributed by atoms with Crippen LogP contribution in [0, 0.1) is 12.7 Å². The Hall–Kier alpha value is -2.64. The fraction of sp³-hybridized carbons (Fsp3) is 0.208. The van der Waals surface area contributed by atoms with E-state index in [-0.39, 0.29) is 28.4 Å². The summed E-state index contributed by atoms with van der Waals surface area (Å²) in [4.78, 5) is 13.6. The fourth-order valence-corrected chi connectivity index (χ4v) is 6.07. The number of fused-ring (bicyclic) bond motifs is 1. The van der Waals surface area contributed by atoms with Gasteiger partial charge in [0.05, 0.1) is 16.7 Å². The smallest absolute Gasteiger partial charge is 0.251 e. The Balaban J connectivity index is 1.46. The Morgan fingerprint density at radius 3 is 2.48 bits per heavy atom. The Kier molecular flexibility index (Phi) is 6.16. The average Bonchev–Trinajstić information content (AvgIpc) is 2.75. The summed E-state index contributed by atoms with van der Waals surface area (Å²) in [6, 6.07) is 18.0. The molecule has 0 saturated carbocycles. The number of benzene rings is 3. The maximum Gasteiger partial charge on any atom is 0.251 e. The number of hydrogen-bond donors (Lipinski definition) is 1. The quantitative estimate of drug-likeness (QED) is 0.583. The van der Waals surface area contributed by atoms with Crippen LogP contribution in [0.1, 0.15) is 39.5 Å². The highest BCUT2D eigenvalue weighted by molar-refractivity contribution is 7.99. The van der Waals surface area contributed by atoms with E-state index in [2.05, 4.69) is 5.32 Å². The summed E-state index contributed by atoms with van der Waals surface area (Å²) < 4.78 is 39.3. The van der Waals surface area contributed by atoms with Gasteiger partial charge in [-0.25, -0.2) is 12.8 Å². The molecule has 4 rings (SSSR count). The SMILES string of the molecule is Cc1ccc(S(=O)(=O)Cc2ccc(C(=O)NC3CCSc4c(F)cccc43)cc2)cc1. The number of amides is 1. The Morgan fingerprint density at radius 1 is 1.06 bits per heavy atom. The highest BCUT2D eigenvalue weighted by Crippen LogP contribution is 2.37. The molecule has 1 heterocycles. The van der Waals surface area contributed by atoms with Crippen molar-refractivity contribution in [1.29, 1.82) is 0 Å². The van der Waals surface area contributed by atoms with E-state index in [9.17, 15) is 17.6 Å². The summed E-state index contributed by atoms with van der Waals surface area (Å²) in [5.74, 6) is 0.0692. The van der Waals surface area contributed by atoms with Crippen LogP contribution in [-0.4, -0.2) is 20.1 Å². The van der Waals surface area contributed by atoms with E-state index < -0.39 is 9.84 Å². The molecule has 1 aliphatic heterocycles. The molecule has 4 nitrogen and oxygen atoms in total. The van der Waals surface area contributed by atoms with Crippen molar-refractivity contribution >= 4 is 27.5 Å². The normalized spacial score (nSPS) is 15.9. The van der Waals surface area contributed by atoms with Crippen LogP contribution in [0.5, 0.6) is 0 Å². The Bertz CT molecular complexity index is 1210. The van der Waals surface area contributed by atoms with Crippen LogP contribution in [0.4, 0.5) is 4.39 Å². The minimum Gasteiger partial charge on any atom is -0.345 e. The van der Waals surface area contributed by atoms with Crippen molar-refractivity contribution in [2.75, 3.05) is 5.75 Å². The number of carbonyl (C=O) groups is 1. The maximum atomic E-state index is 14.0. The van der Waals surface area contributed by atoms with E-state index in [1.807, 2.05) is 13.0 Å². The van der Waals surface area contributed by atoms with Crippen molar-refractivity contribution in [2.24, 2.45) is 0 Å². The lowest BCUT2D eigenvalue weighted by Crippen LogP contribution is -2.30. The molecule has 1 aliphatic rings. The third-order valence-electron chi connectivity index (χ3n) is 5.28. The standard InChI is InChI=1S/C24H22FNO3S2/c1-16-5-11-19(12-6-16)31(28,29)15-17-7-9-18(10-8-17)24(27)26-22-13-14-30-23-20(22)3-2-4-21(23)25/h2-12,22H,13-15H2,1H3,(H,26,27). The van der Waals surface area contributed by atoms with Crippen LogP contribution in [0.15, 0.2) is 76.5 Å². The first-order valence-corrected chi connectivity index (χ1v) is 12.6. The van der Waals surface area contributed by atoms with Gasteiger partial charge in [0.1, 0.15) is 5.82 Å². The van der Waals surface area contributed by atoms with Gasteiger partial charge in [0.15, 0.2) is 9.84 Å². The maximum absolute atomic E-state index is 14.0. The predicted molar refractivity (Wildman–Crippen MR) is 120 cm³/mol. The van der Waals surface area contributed by atoms with E-state index in [0.717, 1.165) is 23.3 Å². The van der Waals surface area contributed by atoms with E-state index in [0.29, 0.717) is 16.0 Å². The first-order chi connectivity index (χ1) is 14.8. The lowest BCUT2D eigenvalue weighted by atomic mass is 10.0. The molecule has 1 amide bonds. The molecule has 7 heteroatoms. The molecule has 0 aromatic heterocycles. The zero-order chi connectivity index (χ0) is 22.0. The van der Waals surface area contributed by atoms with Gasteiger partial charge in [-0.3, -0.25) is 4.79 Å². The van der Waals surface area contributed by atoms with Crippen molar-refractivity contribution < 1.29 is 17.6 Å². The van der Waals surface area contributed by atoms with Gasteiger partial charge in [0.2, 0.25) is 0 Å². The third-order valence-corrected chi connectivity index (χ3v) is 8.15. The van der Waals surface area contributed by atoms with Gasteiger partial charge in [-0.15, -0.1) is 11.8 Å². The Labute approximate surface area is 185 Å². The summed E-state index contributed by atoms with van der Waals surface area (Å²) >= 11 is 1.46. The highest BCUT2D eigenvalue weighted by Gasteiger charge is 2.25. The number of thioether (sulfide) groups is 1. The van der Waals surface area contributed by atoms with Crippen molar-refractivity contribution in [3.8, 4) is 0 Å². The predicted octanol–water partition coefficient (Wildman–Crippen LogP) is 5.07. The first kappa shape index (κ1) is 21.6. The van der Waals surface area contributed by atoms with Gasteiger partial charge in [-0.05, 0) is 54.8 Å². The van der Waals surface area contributed by atoms with Crippen LogP contribution < -0.4 is 5.32 Å². The molecule has 0 aliphatic carbocycles. The lowest BCUT2D eigenvalue weighted by Gasteiger charge is -2.26. The molecule has 0 bridgehead atoms. The molecule has 0 spiro atoms. The van der Waals surface area contributed by atoms with Crippen LogP contribution in [0.2, 0.25) is 0 Å². The largest absolute Gasteiger partial charge is 0.345 e. The molecule has 0 fully saturated rings. The van der Waals surface area contributed by atoms with E-state index in [1.165, 1.54) is 17.8 Å². The minimum atomic E-state index is -3.46. The molecule has 160 valence electrons. The zero-order valence-corrected chi connectivity index (χ0v) is 18.6. The average molecular weight is 456 g/mol. The number of carbonyl (C=O) groups excluding carboxylic acids is 1. The molecule has 1 N–H and O–H groups in total. The number of hydrogen-bond acceptors (Lipinski definition) is 4. The second-order valence-electron chi connectivity index (χ2n) is 7.59. The van der Waals surface area contributed by atoms with Crippen molar-refractivity contribution in [2.45, 2.75) is 34.9 Å². The summed E-state index contributed by atoms with van der Waals surface area (Å²) in [5.41, 5.74) is 2.84. The minimum absolute atomic E-state index is 0.134. The van der Waals surface area contributed by atoms with Gasteiger partial charge in [0, 0.05) is 16.2 Å². The molecule has 1 unspecified atom stereocenters. The van der Waals surface area contributed by atoms with Crippen LogP contribution in [0.25, 0.3) is 0 Å². The second-order valence-corrected chi connectivity index (χ2v) is 10.7. The third kappa shape index (κ3) is 4.83. The summed E-state index contributed by atoms with van der Waals surface area (Å²) in [7, 11) is -3.46. The van der Waals surface area contributed by atoms with Crippen molar-refractivity contribution in [3.05, 3.63) is 94.8 Å². The summed E-state index contributed by atoms with van der Waals surface area (Å²) in [5, 5.41) is 2.98. The molecule has 1 atom stereocenters. The van der Waals surface area contributed by atoms with Gasteiger partial charge in [-0.2, -0.15) is 0 Å². The first-order valence-electron chi connectivity index (χ1n) is 9.94. The fourth-order valence-electron chi connectivity index (χ4n) is 3.58. The van der Waals surface area contributed by atoms with Crippen LogP contribution >= 0.6 is 11.8 Å². The summed E-state index contributed by atoms with van der Waals surface area (Å²) in [6.45, 7) is 1.90. The van der Waals surface area contributed by atoms with Gasteiger partial charge in [-0.1, -0.05) is 42.0 Å². The van der Waals surface area contributed by atoms with E-state index in [4.69, 9.17) is 0 Å². The number of sulfone groups is 1. The molecule has 3 aromatic carbocycles. The number of nitrogens with one attached hydrogen (secondary N) is 1. The molecule has 0 radical (unpaired) electrons. The number of halogens is 1. The Morgan fingerprint density at radius 2 is 1.77 bits per heavy atom. The van der Waals surface area contributed by atoms with Gasteiger partial charge >= 0.3 is 0 Å². The molecular formula is C24H22FNO3S2. The van der Waals surface area contributed by atoms with Crippen molar-refractivity contribution in [1.82, 2.24) is 5.32 Å². The summed E-state index contributed by atoms with van der Waals surface area (Å²) in [6.07, 6.45) is 0.722. The van der Waals surface area contributed by atoms with Gasteiger partial charge in [0.25, 0.3) is 5.91 Å². The zero-order valence-electron chi connectivity index (χ0n) is 17.0. The van der Waals surface area contributed by atoms with Gasteiger partial charge < -0.3 is 5.32 Å². The number of aryl methyl sites for hydroxylation is 1. The topological polar surface area (TPSA) is 63.2 Å². The van der Waals surface area contributed by atoms with Crippen molar-refractivity contribution in [3.63, 3.8) is 0 Å². The molecule has 3 aromatic rings. The highest BCUT2D eigenvalue weighted by atomic mass is 32.2. The van der Waals surface area contributed by atoms with Crippen LogP contribution in [-0.2, 0) is 15.6 Å². The molecular weight excluding hydrogens is 433 g/mol. The monoisotopic (exact) mass is 455 g/mol. The number of rotatable bonds is 5. The second kappa shape index (κ2) is 8.85.